The van der Waals surface area contributed by atoms with Crippen LogP contribution < -0.4 is 16.0 Å². The highest BCUT2D eigenvalue weighted by Gasteiger charge is 2.48. The Morgan fingerprint density at radius 2 is 2.00 bits per heavy atom. The Kier molecular flexibility index (Phi) is 7.61. The molecule has 0 saturated carbocycles. The second kappa shape index (κ2) is 10.9. The van der Waals surface area contributed by atoms with Gasteiger partial charge in [0.25, 0.3) is 0 Å². The summed E-state index contributed by atoms with van der Waals surface area (Å²) < 4.78 is 10.9. The third-order valence-corrected chi connectivity index (χ3v) is 9.79. The molecule has 0 spiro atoms. The number of anilines is 2. The van der Waals surface area contributed by atoms with Crippen molar-refractivity contribution >= 4 is 33.0 Å². The summed E-state index contributed by atoms with van der Waals surface area (Å²) in [5, 5.41) is 18.0. The first-order valence-electron chi connectivity index (χ1n) is 12.9. The van der Waals surface area contributed by atoms with E-state index in [1.165, 1.54) is 0 Å². The van der Waals surface area contributed by atoms with E-state index in [9.17, 15) is 10.0 Å². The molecule has 0 amide bonds. The van der Waals surface area contributed by atoms with Gasteiger partial charge in [0.15, 0.2) is 11.3 Å². The van der Waals surface area contributed by atoms with Gasteiger partial charge in [-0.1, -0.05) is 35.7 Å². The molecule has 1 fully saturated rings. The van der Waals surface area contributed by atoms with E-state index >= 15 is 0 Å². The molecule has 37 heavy (non-hydrogen) atoms. The zero-order chi connectivity index (χ0) is 26.0. The summed E-state index contributed by atoms with van der Waals surface area (Å²) in [4.78, 5) is 25.0. The summed E-state index contributed by atoms with van der Waals surface area (Å²) in [7, 11) is -1.80. The first-order chi connectivity index (χ1) is 18.0. The molecule has 11 nitrogen and oxygen atoms in total. The molecule has 3 aromatic rings. The van der Waals surface area contributed by atoms with Gasteiger partial charge < -0.3 is 25.8 Å². The molecule has 1 aromatic carbocycles. The number of nitrogens with zero attached hydrogens (tertiary/aromatic N) is 6. The number of fused-ring (bicyclic) bond motifs is 2. The van der Waals surface area contributed by atoms with Crippen molar-refractivity contribution in [3.05, 3.63) is 34.4 Å². The minimum absolute atomic E-state index is 0.0117. The van der Waals surface area contributed by atoms with E-state index in [1.54, 1.807) is 0 Å². The average Bonchev–Trinajstić information content (AvgIpc) is 3.34. The maximum Gasteiger partial charge on any atom is 0.222 e. The van der Waals surface area contributed by atoms with Gasteiger partial charge in [0.2, 0.25) is 5.95 Å². The Hall–Kier alpha value is -2.80. The molecule has 4 heterocycles. The van der Waals surface area contributed by atoms with E-state index < -0.39 is 10.2 Å². The van der Waals surface area contributed by atoms with E-state index in [4.69, 9.17) is 15.6 Å². The molecule has 2 aliphatic heterocycles. The third kappa shape index (κ3) is 5.15. The summed E-state index contributed by atoms with van der Waals surface area (Å²) >= 11 is 0. The predicted octanol–water partition coefficient (Wildman–Crippen LogP) is 3.17. The minimum atomic E-state index is -1.80. The Morgan fingerprint density at radius 3 is 2.73 bits per heavy atom. The van der Waals surface area contributed by atoms with Crippen LogP contribution >= 0.6 is 10.2 Å². The molecule has 1 saturated heterocycles. The summed E-state index contributed by atoms with van der Waals surface area (Å²) in [6.07, 6.45) is 7.84. The molecule has 200 valence electrons. The summed E-state index contributed by atoms with van der Waals surface area (Å²) in [6, 6.07) is 4.65. The Balaban J connectivity index is 1.41. The Bertz CT molecular complexity index is 1280. The number of aromatic nitrogens is 4. The fourth-order valence-electron chi connectivity index (χ4n) is 5.16. The van der Waals surface area contributed by atoms with Gasteiger partial charge in [-0.3, -0.25) is 4.68 Å². The fraction of sp³-hybridized carbons (Fsp3) is 0.560. The highest BCUT2D eigenvalue weighted by atomic mass is 32.3. The van der Waals surface area contributed by atoms with E-state index in [-0.39, 0.29) is 12.6 Å². The maximum atomic E-state index is 11.9. The van der Waals surface area contributed by atoms with Gasteiger partial charge in [0, 0.05) is 48.7 Å². The van der Waals surface area contributed by atoms with Gasteiger partial charge in [0.1, 0.15) is 5.52 Å². The standard InChI is InChI=1S/C25H36N8O3S/c1-3-4-9-32(10-11-34)24-21-20(28-25(26)29-24)16-33(30-21)15-18-6-5-17(22-23(18)37(22,2)31-35)14-27-19-7-12-36-13-8-19/h5-6,16,19,27,34H,3-4,7-15H2,1-2H3,(H2,26,28). The van der Waals surface area contributed by atoms with Crippen molar-refractivity contribution in [1.82, 2.24) is 25.1 Å². The lowest BCUT2D eigenvalue weighted by molar-refractivity contribution is 0.0775. The number of nitroso groups, excluding NO2 is 1. The molecule has 0 radical (unpaired) electrons. The number of aliphatic hydroxyl groups excluding tert-OH is 1. The van der Waals surface area contributed by atoms with E-state index in [1.807, 2.05) is 22.0 Å². The quantitative estimate of drug-likeness (QED) is 0.238. The largest absolute Gasteiger partial charge is 0.395 e. The van der Waals surface area contributed by atoms with Crippen LogP contribution in [0.1, 0.15) is 43.7 Å². The highest BCUT2D eigenvalue weighted by Crippen LogP contribution is 2.80. The lowest BCUT2D eigenvalue weighted by Gasteiger charge is -2.23. The molecular weight excluding hydrogens is 492 g/mol. The molecule has 1 atom stereocenters. The van der Waals surface area contributed by atoms with Crippen LogP contribution in [0.2, 0.25) is 0 Å². The normalized spacial score (nSPS) is 20.9. The van der Waals surface area contributed by atoms with Crippen molar-refractivity contribution in [2.75, 3.05) is 49.8 Å². The van der Waals surface area contributed by atoms with Gasteiger partial charge >= 0.3 is 0 Å². The maximum absolute atomic E-state index is 11.9. The smallest absolute Gasteiger partial charge is 0.222 e. The van der Waals surface area contributed by atoms with Crippen LogP contribution in [0.5, 0.6) is 0 Å². The number of nitrogen functional groups attached to an aromatic ring is 1. The first-order valence-corrected chi connectivity index (χ1v) is 14.9. The molecule has 2 aromatic heterocycles. The summed E-state index contributed by atoms with van der Waals surface area (Å²) in [5.41, 5.74) is 9.55. The zero-order valence-electron chi connectivity index (χ0n) is 21.5. The Labute approximate surface area is 218 Å². The summed E-state index contributed by atoms with van der Waals surface area (Å²) in [6.45, 7) is 6.14. The second-order valence-corrected chi connectivity index (χ2v) is 12.5. The van der Waals surface area contributed by atoms with Gasteiger partial charge in [-0.25, -0.2) is 4.98 Å². The first kappa shape index (κ1) is 25.8. The number of ether oxygens (including phenoxy) is 1. The molecule has 12 heteroatoms. The van der Waals surface area contributed by atoms with Gasteiger partial charge in [-0.05, 0) is 41.2 Å². The van der Waals surface area contributed by atoms with Crippen molar-refractivity contribution in [1.29, 1.82) is 0 Å². The van der Waals surface area contributed by atoms with Gasteiger partial charge in [0.05, 0.1) is 19.3 Å². The van der Waals surface area contributed by atoms with Crippen LogP contribution in [0.25, 0.3) is 11.0 Å². The van der Waals surface area contributed by atoms with Crippen molar-refractivity contribution in [3.63, 3.8) is 0 Å². The lowest BCUT2D eigenvalue weighted by Crippen LogP contribution is -2.34. The van der Waals surface area contributed by atoms with Crippen molar-refractivity contribution in [2.24, 2.45) is 4.58 Å². The van der Waals surface area contributed by atoms with Crippen LogP contribution in [0, 0.1) is 4.91 Å². The number of unbranched alkanes of at least 4 members (excludes halogenated alkanes) is 1. The van der Waals surface area contributed by atoms with Crippen molar-refractivity contribution in [2.45, 2.75) is 61.5 Å². The number of nitrogens with two attached hydrogens (primary N) is 1. The number of aliphatic hydroxyl groups is 1. The SMILES string of the molecule is CCCCN(CCO)c1nc(N)nc2cn(Cc3ccc(CNC4CCOCC4)c4c3S4(C)N=O)nc12. The van der Waals surface area contributed by atoms with Crippen LogP contribution in [0.3, 0.4) is 0 Å². The van der Waals surface area contributed by atoms with E-state index in [2.05, 4.69) is 38.9 Å². The summed E-state index contributed by atoms with van der Waals surface area (Å²) in [5.74, 6) is 0.816. The minimum Gasteiger partial charge on any atom is -0.395 e. The number of benzene rings is 1. The molecule has 4 N–H and O–H groups in total. The highest BCUT2D eigenvalue weighted by molar-refractivity contribution is 8.36. The van der Waals surface area contributed by atoms with Crippen LogP contribution in [0.4, 0.5) is 11.8 Å². The zero-order valence-corrected chi connectivity index (χ0v) is 22.3. The van der Waals surface area contributed by atoms with Crippen LogP contribution in [-0.4, -0.2) is 70.1 Å². The van der Waals surface area contributed by atoms with Gasteiger partial charge in [-0.2, -0.15) is 10.1 Å². The van der Waals surface area contributed by atoms with E-state index in [0.29, 0.717) is 36.0 Å². The molecular formula is C25H36N8O3S. The van der Waals surface area contributed by atoms with E-state index in [0.717, 1.165) is 72.9 Å². The number of nitrogens with one attached hydrogen (secondary N) is 1. The predicted molar refractivity (Wildman–Crippen MR) is 146 cm³/mol. The fourth-order valence-corrected chi connectivity index (χ4v) is 7.80. The molecule has 1 unspecified atom stereocenters. The van der Waals surface area contributed by atoms with Crippen LogP contribution in [0.15, 0.2) is 32.7 Å². The number of rotatable bonds is 12. The monoisotopic (exact) mass is 528 g/mol. The van der Waals surface area contributed by atoms with Crippen molar-refractivity contribution in [3.8, 4) is 0 Å². The average molecular weight is 529 g/mol. The molecule has 2 aliphatic rings. The number of hydrogen-bond acceptors (Lipinski definition) is 10. The molecule has 5 rings (SSSR count). The Morgan fingerprint density at radius 1 is 1.24 bits per heavy atom. The molecule has 0 aliphatic carbocycles. The lowest BCUT2D eigenvalue weighted by atomic mass is 10.1. The second-order valence-electron chi connectivity index (χ2n) is 9.79. The topological polar surface area (TPSA) is 144 Å². The van der Waals surface area contributed by atoms with Gasteiger partial charge in [-0.15, -0.1) is 4.91 Å². The third-order valence-electron chi connectivity index (χ3n) is 7.17. The van der Waals surface area contributed by atoms with Crippen LogP contribution in [-0.2, 0) is 17.8 Å². The number of hydrogen-bond donors (Lipinski definition) is 3. The molecule has 0 bridgehead atoms. The van der Waals surface area contributed by atoms with Crippen molar-refractivity contribution < 1.29 is 9.84 Å².